The molecule has 0 saturated heterocycles. The summed E-state index contributed by atoms with van der Waals surface area (Å²) < 4.78 is 11.2. The molecule has 0 unspecified atom stereocenters. The summed E-state index contributed by atoms with van der Waals surface area (Å²) >= 11 is 6.07. The summed E-state index contributed by atoms with van der Waals surface area (Å²) in [5.74, 6) is 0.716. The number of aromatic nitrogens is 1. The molecular formula is C20H18ClN3O2. The second-order valence-corrected chi connectivity index (χ2v) is 6.47. The summed E-state index contributed by atoms with van der Waals surface area (Å²) in [5.41, 5.74) is 2.24. The molecule has 0 N–H and O–H groups in total. The zero-order valence-electron chi connectivity index (χ0n) is 14.6. The van der Waals surface area contributed by atoms with Crippen LogP contribution in [0.2, 0.25) is 5.02 Å². The van der Waals surface area contributed by atoms with Crippen molar-refractivity contribution in [3.8, 4) is 11.8 Å². The van der Waals surface area contributed by atoms with Gasteiger partial charge in [0.2, 0.25) is 0 Å². The molecule has 0 fully saturated rings. The van der Waals surface area contributed by atoms with Gasteiger partial charge in [0.1, 0.15) is 24.1 Å². The maximum Gasteiger partial charge on any atom is 0.167 e. The number of para-hydroxylation sites is 1. The SMILES string of the molecule is CN(C)CCOc1ccccc1/C=C(\C#N)c1noc2ccc(Cl)cc12. The van der Waals surface area contributed by atoms with Crippen molar-refractivity contribution in [2.24, 2.45) is 0 Å². The summed E-state index contributed by atoms with van der Waals surface area (Å²) in [7, 11) is 3.98. The average molecular weight is 368 g/mol. The van der Waals surface area contributed by atoms with Crippen LogP contribution in [0.5, 0.6) is 5.75 Å². The molecule has 6 heteroatoms. The predicted molar refractivity (Wildman–Crippen MR) is 103 cm³/mol. The molecule has 0 spiro atoms. The Kier molecular flexibility index (Phi) is 5.57. The quantitative estimate of drug-likeness (QED) is 0.601. The van der Waals surface area contributed by atoms with E-state index in [-0.39, 0.29) is 0 Å². The third-order valence-electron chi connectivity index (χ3n) is 3.82. The van der Waals surface area contributed by atoms with Gasteiger partial charge in [0.05, 0.1) is 11.0 Å². The minimum atomic E-state index is 0.384. The van der Waals surface area contributed by atoms with Crippen molar-refractivity contribution in [3.63, 3.8) is 0 Å². The molecule has 5 nitrogen and oxygen atoms in total. The van der Waals surface area contributed by atoms with Crippen molar-refractivity contribution < 1.29 is 9.26 Å². The van der Waals surface area contributed by atoms with Gasteiger partial charge in [0.15, 0.2) is 5.58 Å². The number of nitriles is 1. The van der Waals surface area contributed by atoms with Gasteiger partial charge in [-0.1, -0.05) is 35.0 Å². The first kappa shape index (κ1) is 18.0. The number of likely N-dealkylation sites (N-methyl/N-ethyl adjacent to an activating group) is 1. The van der Waals surface area contributed by atoms with Crippen LogP contribution >= 0.6 is 11.6 Å². The van der Waals surface area contributed by atoms with E-state index in [1.165, 1.54) is 0 Å². The molecule has 3 rings (SSSR count). The zero-order valence-corrected chi connectivity index (χ0v) is 15.3. The Morgan fingerprint density at radius 3 is 2.88 bits per heavy atom. The third kappa shape index (κ3) is 4.05. The number of halogens is 1. The van der Waals surface area contributed by atoms with Crippen molar-refractivity contribution in [2.75, 3.05) is 27.2 Å². The van der Waals surface area contributed by atoms with Gasteiger partial charge in [0, 0.05) is 17.1 Å². The highest BCUT2D eigenvalue weighted by molar-refractivity contribution is 6.31. The van der Waals surface area contributed by atoms with Gasteiger partial charge >= 0.3 is 0 Å². The second kappa shape index (κ2) is 8.05. The van der Waals surface area contributed by atoms with E-state index < -0.39 is 0 Å². The number of nitrogens with zero attached hydrogens (tertiary/aromatic N) is 3. The number of hydrogen-bond acceptors (Lipinski definition) is 5. The molecule has 0 aliphatic rings. The fourth-order valence-electron chi connectivity index (χ4n) is 2.48. The van der Waals surface area contributed by atoms with Crippen LogP contribution in [-0.2, 0) is 0 Å². The van der Waals surface area contributed by atoms with E-state index in [4.69, 9.17) is 20.9 Å². The topological polar surface area (TPSA) is 62.3 Å². The summed E-state index contributed by atoms with van der Waals surface area (Å²) in [6.07, 6.45) is 1.75. The van der Waals surface area contributed by atoms with E-state index in [1.807, 2.05) is 43.3 Å². The van der Waals surface area contributed by atoms with Crippen molar-refractivity contribution in [1.29, 1.82) is 5.26 Å². The molecule has 0 aliphatic heterocycles. The van der Waals surface area contributed by atoms with Gasteiger partial charge in [-0.05, 0) is 44.4 Å². The van der Waals surface area contributed by atoms with Gasteiger partial charge in [-0.3, -0.25) is 0 Å². The fraction of sp³-hybridized carbons (Fsp3) is 0.200. The Morgan fingerprint density at radius 1 is 1.31 bits per heavy atom. The molecule has 1 heterocycles. The van der Waals surface area contributed by atoms with E-state index >= 15 is 0 Å². The van der Waals surface area contributed by atoms with Gasteiger partial charge < -0.3 is 14.2 Å². The minimum absolute atomic E-state index is 0.384. The van der Waals surface area contributed by atoms with Crippen LogP contribution in [0.25, 0.3) is 22.6 Å². The fourth-order valence-corrected chi connectivity index (χ4v) is 2.66. The van der Waals surface area contributed by atoms with Gasteiger partial charge in [0.25, 0.3) is 0 Å². The molecule has 3 aromatic rings. The molecule has 0 aliphatic carbocycles. The molecule has 132 valence electrons. The monoisotopic (exact) mass is 367 g/mol. The lowest BCUT2D eigenvalue weighted by atomic mass is 10.1. The number of allylic oxidation sites excluding steroid dienone is 1. The smallest absolute Gasteiger partial charge is 0.167 e. The lowest BCUT2D eigenvalue weighted by Crippen LogP contribution is -2.19. The third-order valence-corrected chi connectivity index (χ3v) is 4.06. The lowest BCUT2D eigenvalue weighted by Gasteiger charge is -2.12. The van der Waals surface area contributed by atoms with E-state index in [0.717, 1.165) is 12.1 Å². The first-order valence-electron chi connectivity index (χ1n) is 8.12. The number of fused-ring (bicyclic) bond motifs is 1. The zero-order chi connectivity index (χ0) is 18.5. The van der Waals surface area contributed by atoms with Crippen LogP contribution in [0.4, 0.5) is 0 Å². The van der Waals surface area contributed by atoms with Crippen LogP contribution in [-0.4, -0.2) is 37.3 Å². The molecule has 0 atom stereocenters. The Balaban J connectivity index is 1.97. The van der Waals surface area contributed by atoms with Crippen molar-refractivity contribution >= 4 is 34.2 Å². The summed E-state index contributed by atoms with van der Waals surface area (Å²) in [6.45, 7) is 1.36. The van der Waals surface area contributed by atoms with Crippen LogP contribution in [0.15, 0.2) is 47.0 Å². The van der Waals surface area contributed by atoms with Crippen LogP contribution < -0.4 is 4.74 Å². The maximum absolute atomic E-state index is 9.65. The van der Waals surface area contributed by atoms with Crippen LogP contribution in [0.1, 0.15) is 11.3 Å². The van der Waals surface area contributed by atoms with Crippen molar-refractivity contribution in [2.45, 2.75) is 0 Å². The largest absolute Gasteiger partial charge is 0.492 e. The molecule has 0 radical (unpaired) electrons. The standard InChI is InChI=1S/C20H18ClN3O2/c1-24(2)9-10-25-18-6-4-3-5-14(18)11-15(13-22)20-17-12-16(21)7-8-19(17)26-23-20/h3-8,11-12H,9-10H2,1-2H3/b15-11+. The first-order valence-corrected chi connectivity index (χ1v) is 8.50. The maximum atomic E-state index is 9.65. The van der Waals surface area contributed by atoms with Gasteiger partial charge in [-0.2, -0.15) is 5.26 Å². The van der Waals surface area contributed by atoms with E-state index in [0.29, 0.717) is 39.6 Å². The molecule has 0 saturated carbocycles. The number of rotatable bonds is 6. The Labute approximate surface area is 157 Å². The summed E-state index contributed by atoms with van der Waals surface area (Å²) in [4.78, 5) is 2.05. The van der Waals surface area contributed by atoms with Crippen molar-refractivity contribution in [1.82, 2.24) is 10.1 Å². The van der Waals surface area contributed by atoms with Gasteiger partial charge in [-0.25, -0.2) is 0 Å². The van der Waals surface area contributed by atoms with E-state index in [2.05, 4.69) is 11.2 Å². The highest BCUT2D eigenvalue weighted by Crippen LogP contribution is 2.30. The Morgan fingerprint density at radius 2 is 2.12 bits per heavy atom. The molecule has 2 aromatic carbocycles. The van der Waals surface area contributed by atoms with Crippen molar-refractivity contribution in [3.05, 3.63) is 58.7 Å². The predicted octanol–water partition coefficient (Wildman–Crippen LogP) is 4.49. The second-order valence-electron chi connectivity index (χ2n) is 6.03. The molecule has 0 amide bonds. The molecule has 0 bridgehead atoms. The highest BCUT2D eigenvalue weighted by Gasteiger charge is 2.14. The number of ether oxygens (including phenoxy) is 1. The Hall–Kier alpha value is -2.81. The molecule has 1 aromatic heterocycles. The van der Waals surface area contributed by atoms with Gasteiger partial charge in [-0.15, -0.1) is 0 Å². The van der Waals surface area contributed by atoms with Crippen LogP contribution in [0, 0.1) is 11.3 Å². The highest BCUT2D eigenvalue weighted by atomic mass is 35.5. The first-order chi connectivity index (χ1) is 12.6. The average Bonchev–Trinajstić information content (AvgIpc) is 3.03. The molecular weight excluding hydrogens is 350 g/mol. The normalized spacial score (nSPS) is 11.7. The Bertz CT molecular complexity index is 986. The van der Waals surface area contributed by atoms with Crippen LogP contribution in [0.3, 0.4) is 0 Å². The summed E-state index contributed by atoms with van der Waals surface area (Å²) in [5, 5.41) is 15.0. The number of hydrogen-bond donors (Lipinski definition) is 0. The lowest BCUT2D eigenvalue weighted by molar-refractivity contribution is 0.261. The molecule has 26 heavy (non-hydrogen) atoms. The van der Waals surface area contributed by atoms with E-state index in [9.17, 15) is 5.26 Å². The minimum Gasteiger partial charge on any atom is -0.492 e. The summed E-state index contributed by atoms with van der Waals surface area (Å²) in [6, 6.07) is 15.0. The van der Waals surface area contributed by atoms with E-state index in [1.54, 1.807) is 24.3 Å². The number of benzene rings is 2.